The summed E-state index contributed by atoms with van der Waals surface area (Å²) < 4.78 is 0. The second-order valence-corrected chi connectivity index (χ2v) is 4.89. The van der Waals surface area contributed by atoms with Crippen LogP contribution >= 0.6 is 11.3 Å². The molecule has 0 fully saturated rings. The predicted octanol–water partition coefficient (Wildman–Crippen LogP) is 3.24. The van der Waals surface area contributed by atoms with E-state index in [4.69, 9.17) is 0 Å². The van der Waals surface area contributed by atoms with Gasteiger partial charge in [-0.2, -0.15) is 0 Å². The fraction of sp³-hybridized carbons (Fsp3) is 0.308. The number of fused-ring (bicyclic) bond motifs is 1. The van der Waals surface area contributed by atoms with Crippen LogP contribution < -0.4 is 5.32 Å². The molecule has 3 rings (SSSR count). The number of rotatable bonds is 3. The molecule has 0 saturated carbocycles. The summed E-state index contributed by atoms with van der Waals surface area (Å²) in [4.78, 5) is 4.26. The molecule has 0 saturated heterocycles. The molecule has 16 heavy (non-hydrogen) atoms. The fourth-order valence-corrected chi connectivity index (χ4v) is 2.76. The lowest BCUT2D eigenvalue weighted by molar-refractivity contribution is 0.912. The summed E-state index contributed by atoms with van der Waals surface area (Å²) in [6.45, 7) is 0.822. The van der Waals surface area contributed by atoms with Gasteiger partial charge in [0.15, 0.2) is 0 Å². The highest BCUT2D eigenvalue weighted by Crippen LogP contribution is 2.25. The van der Waals surface area contributed by atoms with Gasteiger partial charge in [-0.15, -0.1) is 11.3 Å². The lowest BCUT2D eigenvalue weighted by Crippen LogP contribution is -2.00. The Balaban J connectivity index is 1.71. The highest BCUT2D eigenvalue weighted by molar-refractivity contribution is 7.07. The van der Waals surface area contributed by atoms with Crippen LogP contribution in [0.5, 0.6) is 0 Å². The van der Waals surface area contributed by atoms with Crippen molar-refractivity contribution in [3.05, 3.63) is 45.9 Å². The van der Waals surface area contributed by atoms with E-state index in [1.807, 2.05) is 5.51 Å². The summed E-state index contributed by atoms with van der Waals surface area (Å²) in [6.07, 6.45) is 3.80. The van der Waals surface area contributed by atoms with Crippen LogP contribution in [0.3, 0.4) is 0 Å². The molecular weight excluding hydrogens is 216 g/mol. The largest absolute Gasteiger partial charge is 0.379 e. The van der Waals surface area contributed by atoms with Crippen LogP contribution in [-0.4, -0.2) is 4.98 Å². The minimum atomic E-state index is 0.822. The number of hydrogen-bond acceptors (Lipinski definition) is 3. The Labute approximate surface area is 99.4 Å². The average Bonchev–Trinajstić information content (AvgIpc) is 2.97. The first-order valence-electron chi connectivity index (χ1n) is 5.64. The third-order valence-electron chi connectivity index (χ3n) is 3.06. The van der Waals surface area contributed by atoms with Crippen LogP contribution in [0.2, 0.25) is 0 Å². The minimum absolute atomic E-state index is 0.822. The molecule has 1 aliphatic rings. The lowest BCUT2D eigenvalue weighted by atomic mass is 10.1. The summed E-state index contributed by atoms with van der Waals surface area (Å²) in [5.74, 6) is 0. The van der Waals surface area contributed by atoms with Gasteiger partial charge in [0.1, 0.15) is 0 Å². The molecular formula is C13H14N2S. The maximum Gasteiger partial charge on any atom is 0.0795 e. The number of anilines is 1. The molecule has 0 bridgehead atoms. The monoisotopic (exact) mass is 230 g/mol. The van der Waals surface area contributed by atoms with Gasteiger partial charge in [0.05, 0.1) is 17.7 Å². The van der Waals surface area contributed by atoms with Crippen molar-refractivity contribution < 1.29 is 0 Å². The zero-order valence-corrected chi connectivity index (χ0v) is 9.89. The minimum Gasteiger partial charge on any atom is -0.379 e. The van der Waals surface area contributed by atoms with Crippen molar-refractivity contribution in [1.29, 1.82) is 0 Å². The Morgan fingerprint density at radius 1 is 1.25 bits per heavy atom. The Morgan fingerprint density at radius 2 is 2.19 bits per heavy atom. The quantitative estimate of drug-likeness (QED) is 0.875. The molecule has 0 radical (unpaired) electrons. The van der Waals surface area contributed by atoms with Crippen LogP contribution in [0.4, 0.5) is 5.69 Å². The van der Waals surface area contributed by atoms with Gasteiger partial charge >= 0.3 is 0 Å². The van der Waals surface area contributed by atoms with E-state index in [-0.39, 0.29) is 0 Å². The van der Waals surface area contributed by atoms with Gasteiger partial charge in [-0.25, -0.2) is 4.98 Å². The summed E-state index contributed by atoms with van der Waals surface area (Å²) in [5, 5.41) is 5.50. The van der Waals surface area contributed by atoms with Crippen LogP contribution in [0.25, 0.3) is 0 Å². The Hall–Kier alpha value is -1.35. The highest BCUT2D eigenvalue weighted by Gasteiger charge is 2.10. The molecule has 82 valence electrons. The highest BCUT2D eigenvalue weighted by atomic mass is 32.1. The van der Waals surface area contributed by atoms with Crippen LogP contribution in [0.15, 0.2) is 29.1 Å². The molecule has 1 aromatic heterocycles. The number of aryl methyl sites for hydroxylation is 2. The number of nitrogens with one attached hydrogen (secondary N) is 1. The Bertz CT molecular complexity index is 477. The molecule has 0 amide bonds. The smallest absolute Gasteiger partial charge is 0.0795 e. The van der Waals surface area contributed by atoms with Crippen LogP contribution in [0.1, 0.15) is 23.2 Å². The molecule has 1 N–H and O–H groups in total. The first-order chi connectivity index (χ1) is 7.92. The zero-order chi connectivity index (χ0) is 10.8. The van der Waals surface area contributed by atoms with Gasteiger partial charge < -0.3 is 5.32 Å². The van der Waals surface area contributed by atoms with Crippen molar-refractivity contribution in [1.82, 2.24) is 4.98 Å². The number of hydrogen-bond donors (Lipinski definition) is 1. The van der Waals surface area contributed by atoms with Crippen molar-refractivity contribution in [2.75, 3.05) is 5.32 Å². The molecule has 0 aliphatic heterocycles. The zero-order valence-electron chi connectivity index (χ0n) is 9.07. The summed E-state index contributed by atoms with van der Waals surface area (Å²) >= 11 is 1.64. The summed E-state index contributed by atoms with van der Waals surface area (Å²) in [5.41, 5.74) is 7.25. The topological polar surface area (TPSA) is 24.9 Å². The van der Waals surface area contributed by atoms with Crippen molar-refractivity contribution in [3.63, 3.8) is 0 Å². The van der Waals surface area contributed by atoms with E-state index in [9.17, 15) is 0 Å². The second kappa shape index (κ2) is 4.26. The maximum atomic E-state index is 4.26. The molecule has 0 spiro atoms. The third kappa shape index (κ3) is 1.95. The molecule has 1 aromatic carbocycles. The number of aromatic nitrogens is 1. The van der Waals surface area contributed by atoms with E-state index in [0.717, 1.165) is 12.2 Å². The lowest BCUT2D eigenvalue weighted by Gasteiger charge is -2.06. The molecule has 3 heteroatoms. The van der Waals surface area contributed by atoms with E-state index in [0.29, 0.717) is 0 Å². The van der Waals surface area contributed by atoms with Gasteiger partial charge in [0, 0.05) is 11.1 Å². The average molecular weight is 230 g/mol. The standard InChI is InChI=1S/C13H14N2S/c1-2-10-4-5-12(6-11(10)3-1)14-7-13-8-16-9-15-13/h4-6,8-9,14H,1-3,7H2. The molecule has 2 aromatic rings. The maximum absolute atomic E-state index is 4.26. The van der Waals surface area contributed by atoms with Gasteiger partial charge in [-0.05, 0) is 42.5 Å². The first kappa shape index (κ1) is 9.85. The van der Waals surface area contributed by atoms with Crippen LogP contribution in [-0.2, 0) is 19.4 Å². The van der Waals surface area contributed by atoms with Gasteiger partial charge in [0.25, 0.3) is 0 Å². The van der Waals surface area contributed by atoms with E-state index in [1.54, 1.807) is 11.3 Å². The molecule has 0 unspecified atom stereocenters. The van der Waals surface area contributed by atoms with Crippen LogP contribution in [0, 0.1) is 0 Å². The first-order valence-corrected chi connectivity index (χ1v) is 6.59. The van der Waals surface area contributed by atoms with Gasteiger partial charge in [0.2, 0.25) is 0 Å². The molecule has 1 aliphatic carbocycles. The summed E-state index contributed by atoms with van der Waals surface area (Å²) in [7, 11) is 0. The predicted molar refractivity (Wildman–Crippen MR) is 67.9 cm³/mol. The van der Waals surface area contributed by atoms with E-state index in [1.165, 1.54) is 36.1 Å². The van der Waals surface area contributed by atoms with E-state index < -0.39 is 0 Å². The van der Waals surface area contributed by atoms with Gasteiger partial charge in [-0.3, -0.25) is 0 Å². The van der Waals surface area contributed by atoms with Gasteiger partial charge in [-0.1, -0.05) is 6.07 Å². The van der Waals surface area contributed by atoms with Crippen molar-refractivity contribution >= 4 is 17.0 Å². The number of nitrogens with zero attached hydrogens (tertiary/aromatic N) is 1. The van der Waals surface area contributed by atoms with E-state index >= 15 is 0 Å². The summed E-state index contributed by atoms with van der Waals surface area (Å²) in [6, 6.07) is 6.72. The molecule has 1 heterocycles. The van der Waals surface area contributed by atoms with Crippen molar-refractivity contribution in [2.24, 2.45) is 0 Å². The molecule has 0 atom stereocenters. The molecule has 2 nitrogen and oxygen atoms in total. The Morgan fingerprint density at radius 3 is 3.06 bits per heavy atom. The Kier molecular flexibility index (Phi) is 2.62. The fourth-order valence-electron chi connectivity index (χ4n) is 2.20. The van der Waals surface area contributed by atoms with Crippen molar-refractivity contribution in [2.45, 2.75) is 25.8 Å². The van der Waals surface area contributed by atoms with Crippen molar-refractivity contribution in [3.8, 4) is 0 Å². The number of thiazole rings is 1. The normalized spacial score (nSPS) is 13.8. The second-order valence-electron chi connectivity index (χ2n) is 4.17. The number of benzene rings is 1. The third-order valence-corrected chi connectivity index (χ3v) is 3.69. The van der Waals surface area contributed by atoms with E-state index in [2.05, 4.69) is 33.9 Å². The SMILES string of the molecule is c1nc(CNc2ccc3c(c2)CCC3)cs1.